The van der Waals surface area contributed by atoms with Crippen LogP contribution in [0.3, 0.4) is 0 Å². The number of rotatable bonds is 5. The molecule has 0 saturated heterocycles. The summed E-state index contributed by atoms with van der Waals surface area (Å²) < 4.78 is 0. The molecule has 1 aromatic rings. The first-order valence-corrected chi connectivity index (χ1v) is 6.32. The molecule has 1 atom stereocenters. The minimum atomic E-state index is 0.287. The first-order valence-electron chi connectivity index (χ1n) is 5.56. The number of halogens is 2. The molecule has 1 aliphatic rings. The summed E-state index contributed by atoms with van der Waals surface area (Å²) in [6.07, 6.45) is 2.61. The molecular formula is C12H16Cl2N2. The lowest BCUT2D eigenvalue weighted by molar-refractivity contribution is 0.526. The van der Waals surface area contributed by atoms with Gasteiger partial charge in [-0.3, -0.25) is 0 Å². The highest BCUT2D eigenvalue weighted by molar-refractivity contribution is 6.42. The molecule has 2 nitrogen and oxygen atoms in total. The molecule has 2 rings (SSSR count). The van der Waals surface area contributed by atoms with Gasteiger partial charge >= 0.3 is 0 Å². The predicted octanol–water partition coefficient (Wildman–Crippen LogP) is 3.01. The van der Waals surface area contributed by atoms with Gasteiger partial charge in [-0.1, -0.05) is 29.3 Å². The molecule has 0 aliphatic heterocycles. The smallest absolute Gasteiger partial charge is 0.0595 e. The van der Waals surface area contributed by atoms with E-state index in [9.17, 15) is 0 Å². The number of benzene rings is 1. The van der Waals surface area contributed by atoms with Gasteiger partial charge in [0, 0.05) is 18.6 Å². The number of hydrogen-bond donors (Lipinski definition) is 2. The van der Waals surface area contributed by atoms with E-state index in [1.807, 2.05) is 25.2 Å². The second-order valence-corrected chi connectivity index (χ2v) is 5.01. The van der Waals surface area contributed by atoms with Crippen molar-refractivity contribution in [3.63, 3.8) is 0 Å². The van der Waals surface area contributed by atoms with Crippen LogP contribution in [0.5, 0.6) is 0 Å². The molecule has 0 radical (unpaired) electrons. The largest absolute Gasteiger partial charge is 0.312 e. The average Bonchev–Trinajstić information content (AvgIpc) is 3.08. The van der Waals surface area contributed by atoms with Crippen LogP contribution in [0.15, 0.2) is 18.2 Å². The maximum absolute atomic E-state index is 6.01. The van der Waals surface area contributed by atoms with Crippen molar-refractivity contribution in [2.75, 3.05) is 13.6 Å². The SMILES string of the molecule is CNC(CNC1CC1)c1ccc(Cl)c(Cl)c1. The first kappa shape index (κ1) is 12.2. The van der Waals surface area contributed by atoms with Crippen molar-refractivity contribution in [2.24, 2.45) is 0 Å². The minimum Gasteiger partial charge on any atom is -0.312 e. The second kappa shape index (κ2) is 5.37. The third-order valence-corrected chi connectivity index (χ3v) is 3.62. The Bertz CT molecular complexity index is 364. The van der Waals surface area contributed by atoms with Crippen LogP contribution in [-0.4, -0.2) is 19.6 Å². The fourth-order valence-electron chi connectivity index (χ4n) is 1.69. The second-order valence-electron chi connectivity index (χ2n) is 4.20. The van der Waals surface area contributed by atoms with Crippen molar-refractivity contribution in [3.8, 4) is 0 Å². The highest BCUT2D eigenvalue weighted by atomic mass is 35.5. The Kier molecular flexibility index (Phi) is 4.09. The molecule has 0 aromatic heterocycles. The van der Waals surface area contributed by atoms with E-state index in [-0.39, 0.29) is 6.04 Å². The van der Waals surface area contributed by atoms with Gasteiger partial charge in [0.2, 0.25) is 0 Å². The van der Waals surface area contributed by atoms with Gasteiger partial charge < -0.3 is 10.6 Å². The Morgan fingerprint density at radius 1 is 1.31 bits per heavy atom. The standard InChI is InChI=1S/C12H16Cl2N2/c1-15-12(7-16-9-3-4-9)8-2-5-10(13)11(14)6-8/h2,5-6,9,12,15-16H,3-4,7H2,1H3. The van der Waals surface area contributed by atoms with Crippen LogP contribution >= 0.6 is 23.2 Å². The van der Waals surface area contributed by atoms with Crippen LogP contribution in [0.1, 0.15) is 24.4 Å². The molecule has 88 valence electrons. The summed E-state index contributed by atoms with van der Waals surface area (Å²) >= 11 is 11.9. The minimum absolute atomic E-state index is 0.287. The average molecular weight is 259 g/mol. The van der Waals surface area contributed by atoms with Crippen LogP contribution in [0.2, 0.25) is 10.0 Å². The fraction of sp³-hybridized carbons (Fsp3) is 0.500. The number of hydrogen-bond acceptors (Lipinski definition) is 2. The summed E-state index contributed by atoms with van der Waals surface area (Å²) in [6, 6.07) is 6.80. The molecule has 4 heteroatoms. The zero-order valence-electron chi connectivity index (χ0n) is 9.26. The molecule has 0 heterocycles. The maximum atomic E-state index is 6.01. The molecule has 0 spiro atoms. The Balaban J connectivity index is 2.02. The van der Waals surface area contributed by atoms with E-state index in [1.54, 1.807) is 0 Å². The molecule has 0 amide bonds. The van der Waals surface area contributed by atoms with Gasteiger partial charge in [-0.15, -0.1) is 0 Å². The fourth-order valence-corrected chi connectivity index (χ4v) is 1.99. The Morgan fingerprint density at radius 3 is 2.62 bits per heavy atom. The van der Waals surface area contributed by atoms with Crippen LogP contribution in [0.25, 0.3) is 0 Å². The van der Waals surface area contributed by atoms with E-state index in [4.69, 9.17) is 23.2 Å². The summed E-state index contributed by atoms with van der Waals surface area (Å²) in [7, 11) is 1.96. The Morgan fingerprint density at radius 2 is 2.06 bits per heavy atom. The van der Waals surface area contributed by atoms with E-state index in [0.29, 0.717) is 10.0 Å². The summed E-state index contributed by atoms with van der Waals surface area (Å²) in [6.45, 7) is 0.930. The normalized spacial score (nSPS) is 17.4. The molecule has 1 unspecified atom stereocenters. The van der Waals surface area contributed by atoms with E-state index in [0.717, 1.165) is 12.6 Å². The van der Waals surface area contributed by atoms with E-state index in [2.05, 4.69) is 10.6 Å². The first-order chi connectivity index (χ1) is 7.70. The third kappa shape index (κ3) is 3.11. The quantitative estimate of drug-likeness (QED) is 0.849. The monoisotopic (exact) mass is 258 g/mol. The number of likely N-dealkylation sites (N-methyl/N-ethyl adjacent to an activating group) is 1. The van der Waals surface area contributed by atoms with Crippen molar-refractivity contribution in [2.45, 2.75) is 24.9 Å². The van der Waals surface area contributed by atoms with Crippen LogP contribution in [0.4, 0.5) is 0 Å². The van der Waals surface area contributed by atoms with E-state index >= 15 is 0 Å². The zero-order chi connectivity index (χ0) is 11.5. The Hall–Kier alpha value is -0.280. The van der Waals surface area contributed by atoms with Gasteiger partial charge in [-0.2, -0.15) is 0 Å². The molecule has 0 bridgehead atoms. The van der Waals surface area contributed by atoms with Gasteiger partial charge in [-0.25, -0.2) is 0 Å². The third-order valence-electron chi connectivity index (χ3n) is 2.88. The number of nitrogens with one attached hydrogen (secondary N) is 2. The molecule has 1 aliphatic carbocycles. The van der Waals surface area contributed by atoms with E-state index < -0.39 is 0 Å². The lowest BCUT2D eigenvalue weighted by atomic mass is 10.1. The predicted molar refractivity (Wildman–Crippen MR) is 69.3 cm³/mol. The lowest BCUT2D eigenvalue weighted by Crippen LogP contribution is -2.30. The highest BCUT2D eigenvalue weighted by Crippen LogP contribution is 2.26. The van der Waals surface area contributed by atoms with Crippen molar-refractivity contribution in [3.05, 3.63) is 33.8 Å². The van der Waals surface area contributed by atoms with E-state index in [1.165, 1.54) is 18.4 Å². The molecule has 2 N–H and O–H groups in total. The van der Waals surface area contributed by atoms with Gasteiger partial charge in [0.25, 0.3) is 0 Å². The van der Waals surface area contributed by atoms with Crippen molar-refractivity contribution < 1.29 is 0 Å². The molecule has 1 saturated carbocycles. The van der Waals surface area contributed by atoms with Crippen LogP contribution < -0.4 is 10.6 Å². The van der Waals surface area contributed by atoms with Gasteiger partial charge in [0.15, 0.2) is 0 Å². The Labute approximate surface area is 106 Å². The zero-order valence-corrected chi connectivity index (χ0v) is 10.8. The van der Waals surface area contributed by atoms with Gasteiger partial charge in [0.05, 0.1) is 10.0 Å². The van der Waals surface area contributed by atoms with Crippen molar-refractivity contribution in [1.29, 1.82) is 0 Å². The van der Waals surface area contributed by atoms with Crippen LogP contribution in [-0.2, 0) is 0 Å². The van der Waals surface area contributed by atoms with Gasteiger partial charge in [0.1, 0.15) is 0 Å². The summed E-state index contributed by atoms with van der Waals surface area (Å²) in [5, 5.41) is 8.01. The maximum Gasteiger partial charge on any atom is 0.0595 e. The lowest BCUT2D eigenvalue weighted by Gasteiger charge is -2.17. The van der Waals surface area contributed by atoms with Crippen molar-refractivity contribution >= 4 is 23.2 Å². The molecule has 1 fully saturated rings. The van der Waals surface area contributed by atoms with Crippen LogP contribution in [0, 0.1) is 0 Å². The topological polar surface area (TPSA) is 24.1 Å². The summed E-state index contributed by atoms with van der Waals surface area (Å²) in [5.41, 5.74) is 1.17. The molecular weight excluding hydrogens is 243 g/mol. The van der Waals surface area contributed by atoms with Gasteiger partial charge in [-0.05, 0) is 37.6 Å². The van der Waals surface area contributed by atoms with Crippen molar-refractivity contribution in [1.82, 2.24) is 10.6 Å². The highest BCUT2D eigenvalue weighted by Gasteiger charge is 2.22. The molecule has 16 heavy (non-hydrogen) atoms. The summed E-state index contributed by atoms with van der Waals surface area (Å²) in [5.74, 6) is 0. The summed E-state index contributed by atoms with van der Waals surface area (Å²) in [4.78, 5) is 0. The molecule has 1 aromatic carbocycles.